The summed E-state index contributed by atoms with van der Waals surface area (Å²) in [7, 11) is 0. The van der Waals surface area contributed by atoms with E-state index in [4.69, 9.17) is 4.74 Å². The maximum atomic E-state index is 14.2. The Bertz CT molecular complexity index is 1750. The number of imide groups is 1. The first-order chi connectivity index (χ1) is 21.4. The molecular formula is C32H24N4O5S3. The van der Waals surface area contributed by atoms with Gasteiger partial charge in [0.25, 0.3) is 17.7 Å². The maximum Gasteiger partial charge on any atom is 0.356 e. The minimum atomic E-state index is -1.02. The van der Waals surface area contributed by atoms with Gasteiger partial charge in [0.15, 0.2) is 10.4 Å². The number of carbonyl (C=O) groups is 4. The third-order valence-corrected chi connectivity index (χ3v) is 11.0. The molecule has 4 aromatic rings. The quantitative estimate of drug-likeness (QED) is 0.112. The van der Waals surface area contributed by atoms with E-state index in [-0.39, 0.29) is 16.8 Å². The van der Waals surface area contributed by atoms with Crippen LogP contribution in [0.15, 0.2) is 101 Å². The molecule has 1 fully saturated rings. The van der Waals surface area contributed by atoms with Crippen molar-refractivity contribution in [3.8, 4) is 0 Å². The van der Waals surface area contributed by atoms with Crippen LogP contribution in [0, 0.1) is 6.92 Å². The Morgan fingerprint density at radius 3 is 2.05 bits per heavy atom. The van der Waals surface area contributed by atoms with Crippen LogP contribution in [0.4, 0.5) is 0 Å². The fourth-order valence-electron chi connectivity index (χ4n) is 5.56. The van der Waals surface area contributed by atoms with Crippen molar-refractivity contribution >= 4 is 58.6 Å². The van der Waals surface area contributed by atoms with Gasteiger partial charge >= 0.3 is 5.97 Å². The number of amides is 3. The number of nitrogens with zero attached hydrogens (tertiary/aromatic N) is 4. The van der Waals surface area contributed by atoms with E-state index in [0.29, 0.717) is 17.1 Å². The fourth-order valence-corrected chi connectivity index (χ4v) is 8.90. The van der Waals surface area contributed by atoms with E-state index in [9.17, 15) is 19.2 Å². The van der Waals surface area contributed by atoms with Crippen molar-refractivity contribution in [1.82, 2.24) is 20.0 Å². The Morgan fingerprint density at radius 1 is 0.886 bits per heavy atom. The Balaban J connectivity index is 1.22. The number of esters is 1. The molecule has 12 heteroatoms. The topological polar surface area (TPSA) is 110 Å². The summed E-state index contributed by atoms with van der Waals surface area (Å²) < 4.78 is 6.97. The minimum absolute atomic E-state index is 0.150. The van der Waals surface area contributed by atoms with Crippen LogP contribution in [0.5, 0.6) is 0 Å². The number of hydrogen-bond donors (Lipinski definition) is 0. The molecule has 0 saturated carbocycles. The number of thioether (sulfide) groups is 2. The summed E-state index contributed by atoms with van der Waals surface area (Å²) >= 11 is 4.31. The number of rotatable bonds is 8. The Kier molecular flexibility index (Phi) is 7.57. The molecule has 44 heavy (non-hydrogen) atoms. The zero-order valence-corrected chi connectivity index (χ0v) is 25.7. The largest absolute Gasteiger partial charge is 0.448 e. The molecule has 0 N–H and O–H groups in total. The smallest absolute Gasteiger partial charge is 0.356 e. The van der Waals surface area contributed by atoms with Crippen molar-refractivity contribution in [2.24, 2.45) is 0 Å². The van der Waals surface area contributed by atoms with Crippen LogP contribution in [-0.4, -0.2) is 66.6 Å². The van der Waals surface area contributed by atoms with Gasteiger partial charge in [-0.25, -0.2) is 4.79 Å². The molecule has 1 saturated heterocycles. The number of aryl methyl sites for hydroxylation is 1. The van der Waals surface area contributed by atoms with E-state index >= 15 is 0 Å². The zero-order valence-electron chi connectivity index (χ0n) is 23.3. The van der Waals surface area contributed by atoms with Gasteiger partial charge < -0.3 is 4.74 Å². The lowest BCUT2D eigenvalue weighted by atomic mass is 10.00. The van der Waals surface area contributed by atoms with Crippen molar-refractivity contribution < 1.29 is 23.9 Å². The summed E-state index contributed by atoms with van der Waals surface area (Å²) in [6, 6.07) is 24.4. The standard InChI is InChI=1S/C32H24N4O5S3/c1-18-33-34-32(44-18)43-17-21-16-42-30-25(35-27(37)22-14-8-9-15-23(22)28(35)38)29(39)36(30)24(21)31(40)41-26(19-10-4-2-5-11-19)20-12-6-3-7-13-20/h2-15,25-26,30H,16-17H2,1H3/t25?,30-/m1/s1. The first-order valence-corrected chi connectivity index (χ1v) is 16.6. The SMILES string of the molecule is Cc1nnc(SCC2=C(C(=O)OC(c3ccccc3)c3ccccc3)N3C(=O)C(N4C(=O)c5ccccc5C4=O)[C@H]3SC2)s1. The highest BCUT2D eigenvalue weighted by atomic mass is 32.2. The lowest BCUT2D eigenvalue weighted by Gasteiger charge is -2.51. The molecule has 3 aliphatic rings. The van der Waals surface area contributed by atoms with E-state index in [0.717, 1.165) is 25.4 Å². The summed E-state index contributed by atoms with van der Waals surface area (Å²) in [5.41, 5.74) is 2.98. The normalized spacial score (nSPS) is 19.3. The molecule has 9 nitrogen and oxygen atoms in total. The molecule has 0 aliphatic carbocycles. The van der Waals surface area contributed by atoms with Crippen LogP contribution in [0.2, 0.25) is 0 Å². The van der Waals surface area contributed by atoms with E-state index in [1.54, 1.807) is 24.3 Å². The van der Waals surface area contributed by atoms with Crippen molar-refractivity contribution in [2.75, 3.05) is 11.5 Å². The molecule has 220 valence electrons. The van der Waals surface area contributed by atoms with Gasteiger partial charge in [-0.2, -0.15) is 0 Å². The van der Waals surface area contributed by atoms with E-state index in [2.05, 4.69) is 10.2 Å². The monoisotopic (exact) mass is 640 g/mol. The number of carbonyl (C=O) groups excluding carboxylic acids is 4. The van der Waals surface area contributed by atoms with Crippen molar-refractivity contribution in [1.29, 1.82) is 0 Å². The Hall–Kier alpha value is -4.26. The van der Waals surface area contributed by atoms with E-state index in [1.807, 2.05) is 67.6 Å². The molecule has 7 rings (SSSR count). The molecule has 3 aromatic carbocycles. The molecule has 4 heterocycles. The Labute approximate surface area is 265 Å². The lowest BCUT2D eigenvalue weighted by molar-refractivity contribution is -0.155. The molecule has 0 spiro atoms. The lowest BCUT2D eigenvalue weighted by Crippen LogP contribution is -2.71. The number of ether oxygens (including phenoxy) is 1. The average molecular weight is 641 g/mol. The molecular weight excluding hydrogens is 617 g/mol. The summed E-state index contributed by atoms with van der Waals surface area (Å²) in [4.78, 5) is 57.1. The molecule has 1 aromatic heterocycles. The van der Waals surface area contributed by atoms with Crippen LogP contribution in [0.25, 0.3) is 0 Å². The number of fused-ring (bicyclic) bond motifs is 2. The van der Waals surface area contributed by atoms with Crippen LogP contribution >= 0.6 is 34.9 Å². The number of aromatic nitrogens is 2. The fraction of sp³-hybridized carbons (Fsp3) is 0.188. The number of β-lactam (4-membered cyclic amide) rings is 1. The van der Waals surface area contributed by atoms with Crippen LogP contribution in [-0.2, 0) is 14.3 Å². The van der Waals surface area contributed by atoms with Crippen molar-refractivity contribution in [3.63, 3.8) is 0 Å². The van der Waals surface area contributed by atoms with Gasteiger partial charge in [-0.3, -0.25) is 24.2 Å². The van der Waals surface area contributed by atoms with Gasteiger partial charge in [0.2, 0.25) is 0 Å². The van der Waals surface area contributed by atoms with E-state index in [1.165, 1.54) is 39.8 Å². The van der Waals surface area contributed by atoms with Gasteiger partial charge in [-0.05, 0) is 35.8 Å². The van der Waals surface area contributed by atoms with Gasteiger partial charge in [0.1, 0.15) is 22.1 Å². The second kappa shape index (κ2) is 11.7. The van der Waals surface area contributed by atoms with Crippen LogP contribution in [0.1, 0.15) is 43.0 Å². The first-order valence-electron chi connectivity index (χ1n) is 13.8. The average Bonchev–Trinajstić information content (AvgIpc) is 3.59. The predicted molar refractivity (Wildman–Crippen MR) is 167 cm³/mol. The Morgan fingerprint density at radius 2 is 1.48 bits per heavy atom. The highest BCUT2D eigenvalue weighted by Crippen LogP contribution is 2.46. The summed E-state index contributed by atoms with van der Waals surface area (Å²) in [6.07, 6.45) is -0.714. The number of benzene rings is 3. The van der Waals surface area contributed by atoms with Crippen LogP contribution < -0.4 is 0 Å². The highest BCUT2D eigenvalue weighted by molar-refractivity contribution is 8.01. The zero-order chi connectivity index (χ0) is 30.4. The molecule has 1 unspecified atom stereocenters. The maximum absolute atomic E-state index is 14.2. The highest BCUT2D eigenvalue weighted by Gasteiger charge is 2.60. The molecule has 0 radical (unpaired) electrons. The van der Waals surface area contributed by atoms with E-state index < -0.39 is 41.2 Å². The predicted octanol–water partition coefficient (Wildman–Crippen LogP) is 5.11. The molecule has 0 bridgehead atoms. The second-order valence-electron chi connectivity index (χ2n) is 10.3. The van der Waals surface area contributed by atoms with Gasteiger partial charge in [-0.15, -0.1) is 22.0 Å². The van der Waals surface area contributed by atoms with Gasteiger partial charge in [0, 0.05) is 11.5 Å². The van der Waals surface area contributed by atoms with Crippen LogP contribution in [0.3, 0.4) is 0 Å². The number of hydrogen-bond acceptors (Lipinski definition) is 10. The third-order valence-electron chi connectivity index (χ3n) is 7.62. The summed E-state index contributed by atoms with van der Waals surface area (Å²) in [5.74, 6) is -1.34. The second-order valence-corrected chi connectivity index (χ2v) is 13.8. The minimum Gasteiger partial charge on any atom is -0.448 e. The molecule has 3 amide bonds. The van der Waals surface area contributed by atoms with Crippen molar-refractivity contribution in [3.05, 3.63) is 123 Å². The summed E-state index contributed by atoms with van der Waals surface area (Å²) in [5, 5.41) is 8.48. The van der Waals surface area contributed by atoms with Gasteiger partial charge in [0.05, 0.1) is 11.1 Å². The first kappa shape index (κ1) is 28.5. The van der Waals surface area contributed by atoms with Crippen molar-refractivity contribution in [2.45, 2.75) is 28.8 Å². The molecule has 3 aliphatic heterocycles. The molecule has 2 atom stereocenters. The third kappa shape index (κ3) is 4.92. The van der Waals surface area contributed by atoms with Gasteiger partial charge in [-0.1, -0.05) is 95.9 Å². The summed E-state index contributed by atoms with van der Waals surface area (Å²) in [6.45, 7) is 1.87.